The van der Waals surface area contributed by atoms with Gasteiger partial charge in [-0.15, -0.1) is 0 Å². The zero-order valence-corrected chi connectivity index (χ0v) is 15.4. The summed E-state index contributed by atoms with van der Waals surface area (Å²) in [7, 11) is 0. The van der Waals surface area contributed by atoms with Crippen molar-refractivity contribution in [1.82, 2.24) is 4.90 Å². The lowest BCUT2D eigenvalue weighted by Crippen LogP contribution is -2.31. The quantitative estimate of drug-likeness (QED) is 0.418. The Balaban J connectivity index is 1.47. The molecule has 0 radical (unpaired) electrons. The number of likely N-dealkylation sites (tertiary alicyclic amines) is 1. The second kappa shape index (κ2) is 9.97. The van der Waals surface area contributed by atoms with Gasteiger partial charge in [0.2, 0.25) is 5.90 Å². The van der Waals surface area contributed by atoms with Crippen LogP contribution in [0.25, 0.3) is 0 Å². The van der Waals surface area contributed by atoms with E-state index in [-0.39, 0.29) is 5.90 Å². The van der Waals surface area contributed by atoms with Gasteiger partial charge in [-0.2, -0.15) is 0 Å². The van der Waals surface area contributed by atoms with Crippen molar-refractivity contribution in [2.45, 2.75) is 32.2 Å². The molecule has 0 bridgehead atoms. The van der Waals surface area contributed by atoms with Crippen molar-refractivity contribution in [1.29, 1.82) is 5.41 Å². The summed E-state index contributed by atoms with van der Waals surface area (Å²) >= 11 is 0. The highest BCUT2D eigenvalue weighted by molar-refractivity contribution is 5.97. The first-order valence-electron chi connectivity index (χ1n) is 9.64. The number of nitrogens with zero attached hydrogens (tertiary/aromatic N) is 1. The van der Waals surface area contributed by atoms with E-state index in [0.717, 1.165) is 30.8 Å². The average molecular weight is 351 g/mol. The van der Waals surface area contributed by atoms with Gasteiger partial charge in [0.25, 0.3) is 0 Å². The second-order valence-electron chi connectivity index (χ2n) is 6.82. The van der Waals surface area contributed by atoms with E-state index in [0.29, 0.717) is 6.61 Å². The molecule has 138 valence electrons. The van der Waals surface area contributed by atoms with Crippen molar-refractivity contribution in [3.63, 3.8) is 0 Å². The van der Waals surface area contributed by atoms with Gasteiger partial charge in [0.1, 0.15) is 0 Å². The molecule has 0 aliphatic carbocycles. The van der Waals surface area contributed by atoms with E-state index in [1.807, 2.05) is 42.5 Å². The summed E-state index contributed by atoms with van der Waals surface area (Å²) < 4.78 is 5.73. The molecular weight excluding hydrogens is 322 g/mol. The lowest BCUT2D eigenvalue weighted by atomic mass is 10.1. The minimum atomic E-state index is 0.250. The molecule has 26 heavy (non-hydrogen) atoms. The van der Waals surface area contributed by atoms with Crippen LogP contribution in [0.2, 0.25) is 0 Å². The van der Waals surface area contributed by atoms with E-state index in [1.165, 1.54) is 37.9 Å². The standard InChI is InChI=1S/C22H29N3O/c23-22(26-17-9-16-25-14-7-2-8-15-25)20-12-5-6-13-21(20)24-18-19-10-3-1-4-11-19/h1,3-6,10-13,23-24H,2,7-9,14-18H2. The fraction of sp³-hybridized carbons (Fsp3) is 0.409. The number of benzene rings is 2. The molecule has 2 N–H and O–H groups in total. The highest BCUT2D eigenvalue weighted by Gasteiger charge is 2.11. The van der Waals surface area contributed by atoms with Gasteiger partial charge in [0.15, 0.2) is 0 Å². The topological polar surface area (TPSA) is 48.4 Å². The van der Waals surface area contributed by atoms with Gasteiger partial charge in [0, 0.05) is 18.8 Å². The number of rotatable bonds is 8. The van der Waals surface area contributed by atoms with Crippen LogP contribution >= 0.6 is 0 Å². The molecule has 1 fully saturated rings. The summed E-state index contributed by atoms with van der Waals surface area (Å²) in [4.78, 5) is 2.51. The Morgan fingerprint density at radius 1 is 0.962 bits per heavy atom. The third kappa shape index (κ3) is 5.60. The van der Waals surface area contributed by atoms with E-state index in [4.69, 9.17) is 10.1 Å². The Bertz CT molecular complexity index is 681. The first-order chi connectivity index (χ1) is 12.8. The van der Waals surface area contributed by atoms with Crippen LogP contribution in [-0.2, 0) is 11.3 Å². The fourth-order valence-electron chi connectivity index (χ4n) is 3.35. The van der Waals surface area contributed by atoms with Crippen LogP contribution in [-0.4, -0.2) is 37.0 Å². The molecule has 0 saturated carbocycles. The number of nitrogens with one attached hydrogen (secondary N) is 2. The van der Waals surface area contributed by atoms with E-state index >= 15 is 0 Å². The number of anilines is 1. The molecule has 0 atom stereocenters. The smallest absolute Gasteiger partial charge is 0.215 e. The molecule has 4 nitrogen and oxygen atoms in total. The molecule has 0 unspecified atom stereocenters. The number of ether oxygens (including phenoxy) is 1. The maximum atomic E-state index is 8.30. The molecule has 2 aromatic carbocycles. The molecule has 2 aromatic rings. The molecule has 0 spiro atoms. The number of hydrogen-bond donors (Lipinski definition) is 2. The van der Waals surface area contributed by atoms with Crippen molar-refractivity contribution in [3.05, 3.63) is 65.7 Å². The molecule has 1 saturated heterocycles. The van der Waals surface area contributed by atoms with Crippen LogP contribution in [0.3, 0.4) is 0 Å². The van der Waals surface area contributed by atoms with Crippen LogP contribution in [0.5, 0.6) is 0 Å². The first-order valence-corrected chi connectivity index (χ1v) is 9.64. The SMILES string of the molecule is N=C(OCCCN1CCCCC1)c1ccccc1NCc1ccccc1. The highest BCUT2D eigenvalue weighted by Crippen LogP contribution is 2.17. The predicted molar refractivity (Wildman–Crippen MR) is 108 cm³/mol. The van der Waals surface area contributed by atoms with Gasteiger partial charge in [-0.05, 0) is 50.0 Å². The van der Waals surface area contributed by atoms with Crippen LogP contribution in [0, 0.1) is 5.41 Å². The highest BCUT2D eigenvalue weighted by atomic mass is 16.5. The normalized spacial score (nSPS) is 14.8. The van der Waals surface area contributed by atoms with Gasteiger partial charge in [-0.25, -0.2) is 0 Å². The molecule has 3 rings (SSSR count). The molecular formula is C22H29N3O. The maximum absolute atomic E-state index is 8.30. The number of hydrogen-bond acceptors (Lipinski definition) is 4. The van der Waals surface area contributed by atoms with Crippen LogP contribution in [0.15, 0.2) is 54.6 Å². The van der Waals surface area contributed by atoms with Crippen LogP contribution in [0.1, 0.15) is 36.8 Å². The zero-order valence-electron chi connectivity index (χ0n) is 15.4. The first kappa shape index (κ1) is 18.5. The van der Waals surface area contributed by atoms with E-state index in [1.54, 1.807) is 0 Å². The lowest BCUT2D eigenvalue weighted by Gasteiger charge is -2.26. The largest absolute Gasteiger partial charge is 0.478 e. The van der Waals surface area contributed by atoms with Gasteiger partial charge in [-0.3, -0.25) is 5.41 Å². The van der Waals surface area contributed by atoms with Crippen molar-refractivity contribution in [2.75, 3.05) is 31.6 Å². The third-order valence-electron chi connectivity index (χ3n) is 4.81. The third-order valence-corrected chi connectivity index (χ3v) is 4.81. The fourth-order valence-corrected chi connectivity index (χ4v) is 3.35. The Morgan fingerprint density at radius 2 is 1.69 bits per heavy atom. The summed E-state index contributed by atoms with van der Waals surface area (Å²) in [5.41, 5.74) is 2.98. The Hall–Kier alpha value is -2.33. The van der Waals surface area contributed by atoms with Crippen LogP contribution in [0.4, 0.5) is 5.69 Å². The predicted octanol–water partition coefficient (Wildman–Crippen LogP) is 4.52. The van der Waals surface area contributed by atoms with Crippen molar-refractivity contribution in [2.24, 2.45) is 0 Å². The van der Waals surface area contributed by atoms with Gasteiger partial charge in [0.05, 0.1) is 12.2 Å². The summed E-state index contributed by atoms with van der Waals surface area (Å²) in [5, 5.41) is 11.7. The zero-order chi connectivity index (χ0) is 18.0. The molecule has 0 amide bonds. The van der Waals surface area contributed by atoms with Gasteiger partial charge < -0.3 is 15.0 Å². The summed E-state index contributed by atoms with van der Waals surface area (Å²) in [5.74, 6) is 0.250. The number of para-hydroxylation sites is 1. The molecule has 0 aromatic heterocycles. The van der Waals surface area contributed by atoms with Crippen molar-refractivity contribution in [3.8, 4) is 0 Å². The summed E-state index contributed by atoms with van der Waals surface area (Å²) in [6.07, 6.45) is 4.97. The van der Waals surface area contributed by atoms with Crippen molar-refractivity contribution >= 4 is 11.6 Å². The lowest BCUT2D eigenvalue weighted by molar-refractivity contribution is 0.201. The second-order valence-corrected chi connectivity index (χ2v) is 6.82. The average Bonchev–Trinajstić information content (AvgIpc) is 2.71. The van der Waals surface area contributed by atoms with Gasteiger partial charge in [-0.1, -0.05) is 48.9 Å². The maximum Gasteiger partial charge on any atom is 0.215 e. The minimum absolute atomic E-state index is 0.250. The molecule has 1 aliphatic rings. The Labute approximate surface area is 156 Å². The minimum Gasteiger partial charge on any atom is -0.478 e. The summed E-state index contributed by atoms with van der Waals surface area (Å²) in [6, 6.07) is 18.2. The number of piperidine rings is 1. The monoisotopic (exact) mass is 351 g/mol. The molecule has 1 aliphatic heterocycles. The molecule has 4 heteroatoms. The Kier molecular flexibility index (Phi) is 7.08. The van der Waals surface area contributed by atoms with Crippen molar-refractivity contribution < 1.29 is 4.74 Å². The Morgan fingerprint density at radius 3 is 2.50 bits per heavy atom. The van der Waals surface area contributed by atoms with E-state index in [2.05, 4.69) is 22.3 Å². The van der Waals surface area contributed by atoms with Gasteiger partial charge >= 0.3 is 0 Å². The van der Waals surface area contributed by atoms with Crippen LogP contribution < -0.4 is 5.32 Å². The van der Waals surface area contributed by atoms with E-state index < -0.39 is 0 Å². The van der Waals surface area contributed by atoms with E-state index in [9.17, 15) is 0 Å². The molecule has 1 heterocycles. The summed E-state index contributed by atoms with van der Waals surface area (Å²) in [6.45, 7) is 4.83.